The van der Waals surface area contributed by atoms with Gasteiger partial charge < -0.3 is 15.1 Å². The molecule has 132 valence electrons. The number of carbonyl (C=O) groups excluding carboxylic acids is 2. The van der Waals surface area contributed by atoms with Crippen molar-refractivity contribution in [3.05, 3.63) is 83.0 Å². The number of hydrogen-bond acceptors (Lipinski definition) is 3. The average Bonchev–Trinajstić information content (AvgIpc) is 3.15. The molecule has 7 heteroatoms. The smallest absolute Gasteiger partial charge is 0.291 e. The van der Waals surface area contributed by atoms with Gasteiger partial charge in [-0.25, -0.2) is 4.39 Å². The minimum Gasteiger partial charge on any atom is -0.459 e. The van der Waals surface area contributed by atoms with Gasteiger partial charge in [-0.15, -0.1) is 0 Å². The van der Waals surface area contributed by atoms with Gasteiger partial charge in [-0.3, -0.25) is 9.59 Å². The standard InChI is InChI=1S/C19H14ClFN2O3/c20-15-3-1-4-16(21)14(15)11-18(24)22-12-6-8-13(9-7-12)23-19(25)17-5-2-10-26-17/h1-10H,11H2,(H,22,24)(H,23,25). The number of benzene rings is 2. The molecule has 0 saturated carbocycles. The Morgan fingerprint density at radius 2 is 1.65 bits per heavy atom. The summed E-state index contributed by atoms with van der Waals surface area (Å²) >= 11 is 5.92. The number of anilines is 2. The number of furan rings is 1. The van der Waals surface area contributed by atoms with Gasteiger partial charge in [-0.1, -0.05) is 17.7 Å². The molecule has 1 heterocycles. The van der Waals surface area contributed by atoms with Gasteiger partial charge in [0.1, 0.15) is 5.82 Å². The Hall–Kier alpha value is -3.12. The van der Waals surface area contributed by atoms with Crippen LogP contribution in [0, 0.1) is 5.82 Å². The third-order valence-corrected chi connectivity index (χ3v) is 3.92. The fraction of sp³-hybridized carbons (Fsp3) is 0.0526. The first kappa shape index (κ1) is 17.7. The largest absolute Gasteiger partial charge is 0.459 e. The molecule has 2 aromatic carbocycles. The van der Waals surface area contributed by atoms with Crippen LogP contribution in [0.3, 0.4) is 0 Å². The minimum absolute atomic E-state index is 0.147. The summed E-state index contributed by atoms with van der Waals surface area (Å²) in [5.74, 6) is -1.10. The van der Waals surface area contributed by atoms with E-state index in [9.17, 15) is 14.0 Å². The second-order valence-corrected chi connectivity index (χ2v) is 5.84. The van der Waals surface area contributed by atoms with Crippen molar-refractivity contribution in [2.75, 3.05) is 10.6 Å². The third-order valence-electron chi connectivity index (χ3n) is 3.57. The maximum absolute atomic E-state index is 13.7. The van der Waals surface area contributed by atoms with Gasteiger partial charge in [0.2, 0.25) is 5.91 Å². The molecule has 0 bridgehead atoms. The van der Waals surface area contributed by atoms with Crippen molar-refractivity contribution in [1.29, 1.82) is 0 Å². The van der Waals surface area contributed by atoms with Crippen molar-refractivity contribution in [3.8, 4) is 0 Å². The lowest BCUT2D eigenvalue weighted by Gasteiger charge is -2.09. The Kier molecular flexibility index (Phi) is 5.34. The number of carbonyl (C=O) groups is 2. The van der Waals surface area contributed by atoms with Gasteiger partial charge in [-0.2, -0.15) is 0 Å². The Balaban J connectivity index is 1.60. The van der Waals surface area contributed by atoms with Crippen molar-refractivity contribution < 1.29 is 18.4 Å². The quantitative estimate of drug-likeness (QED) is 0.692. The second kappa shape index (κ2) is 7.84. The molecular weight excluding hydrogens is 359 g/mol. The van der Waals surface area contributed by atoms with Crippen LogP contribution in [0.5, 0.6) is 0 Å². The van der Waals surface area contributed by atoms with Gasteiger partial charge >= 0.3 is 0 Å². The minimum atomic E-state index is -0.524. The van der Waals surface area contributed by atoms with E-state index < -0.39 is 11.7 Å². The van der Waals surface area contributed by atoms with Crippen LogP contribution in [0.1, 0.15) is 16.1 Å². The lowest BCUT2D eigenvalue weighted by molar-refractivity contribution is -0.115. The molecule has 0 aliphatic carbocycles. The Bertz CT molecular complexity index is 904. The van der Waals surface area contributed by atoms with E-state index >= 15 is 0 Å². The van der Waals surface area contributed by atoms with E-state index in [0.29, 0.717) is 11.4 Å². The van der Waals surface area contributed by atoms with Crippen molar-refractivity contribution >= 4 is 34.8 Å². The van der Waals surface area contributed by atoms with Crippen LogP contribution in [0.25, 0.3) is 0 Å². The van der Waals surface area contributed by atoms with Crippen LogP contribution in [0.2, 0.25) is 5.02 Å². The van der Waals surface area contributed by atoms with E-state index in [4.69, 9.17) is 16.0 Å². The summed E-state index contributed by atoms with van der Waals surface area (Å²) < 4.78 is 18.7. The number of rotatable bonds is 5. The third kappa shape index (κ3) is 4.29. The van der Waals surface area contributed by atoms with Crippen molar-refractivity contribution in [1.82, 2.24) is 0 Å². The van der Waals surface area contributed by atoms with Crippen LogP contribution < -0.4 is 10.6 Å². The van der Waals surface area contributed by atoms with Crippen LogP contribution in [-0.4, -0.2) is 11.8 Å². The van der Waals surface area contributed by atoms with Crippen LogP contribution >= 0.6 is 11.6 Å². The summed E-state index contributed by atoms with van der Waals surface area (Å²) in [5, 5.41) is 5.53. The van der Waals surface area contributed by atoms with Gasteiger partial charge in [0, 0.05) is 22.0 Å². The highest BCUT2D eigenvalue weighted by Crippen LogP contribution is 2.20. The zero-order chi connectivity index (χ0) is 18.5. The number of halogens is 2. The molecule has 26 heavy (non-hydrogen) atoms. The summed E-state index contributed by atoms with van der Waals surface area (Å²) in [7, 11) is 0. The molecule has 0 aliphatic heterocycles. The Labute approximate surface area is 153 Å². The topological polar surface area (TPSA) is 71.3 Å². The number of nitrogens with one attached hydrogen (secondary N) is 2. The molecule has 3 rings (SSSR count). The zero-order valence-corrected chi connectivity index (χ0v) is 14.2. The lowest BCUT2D eigenvalue weighted by atomic mass is 10.1. The molecule has 2 amide bonds. The maximum Gasteiger partial charge on any atom is 0.291 e. The molecule has 0 radical (unpaired) electrons. The maximum atomic E-state index is 13.7. The highest BCUT2D eigenvalue weighted by molar-refractivity contribution is 6.31. The monoisotopic (exact) mass is 372 g/mol. The highest BCUT2D eigenvalue weighted by atomic mass is 35.5. The van der Waals surface area contributed by atoms with E-state index in [-0.39, 0.29) is 28.7 Å². The first-order chi connectivity index (χ1) is 12.5. The molecule has 0 fully saturated rings. The summed E-state index contributed by atoms with van der Waals surface area (Å²) in [6, 6.07) is 14.0. The Morgan fingerprint density at radius 1 is 0.962 bits per heavy atom. The van der Waals surface area contributed by atoms with E-state index in [1.54, 1.807) is 36.4 Å². The SMILES string of the molecule is O=C(Cc1c(F)cccc1Cl)Nc1ccc(NC(=O)c2ccco2)cc1. The number of hydrogen-bond donors (Lipinski definition) is 2. The number of amides is 2. The first-order valence-corrected chi connectivity index (χ1v) is 8.08. The van der Waals surface area contributed by atoms with Crippen LogP contribution in [0.4, 0.5) is 15.8 Å². The van der Waals surface area contributed by atoms with E-state index in [0.717, 1.165) is 0 Å². The summed E-state index contributed by atoms with van der Waals surface area (Å²) in [6.45, 7) is 0. The average molecular weight is 373 g/mol. The predicted molar refractivity (Wildman–Crippen MR) is 96.8 cm³/mol. The predicted octanol–water partition coefficient (Wildman–Crippen LogP) is 4.51. The molecule has 0 unspecified atom stereocenters. The molecule has 3 aromatic rings. The van der Waals surface area contributed by atoms with Gasteiger partial charge in [0.15, 0.2) is 5.76 Å². The molecule has 0 saturated heterocycles. The molecule has 0 aliphatic rings. The Morgan fingerprint density at radius 3 is 2.27 bits per heavy atom. The van der Waals surface area contributed by atoms with E-state index in [1.807, 2.05) is 0 Å². The fourth-order valence-corrected chi connectivity index (χ4v) is 2.53. The van der Waals surface area contributed by atoms with Crippen LogP contribution in [0.15, 0.2) is 65.3 Å². The van der Waals surface area contributed by atoms with E-state index in [2.05, 4.69) is 10.6 Å². The van der Waals surface area contributed by atoms with Crippen molar-refractivity contribution in [2.45, 2.75) is 6.42 Å². The van der Waals surface area contributed by atoms with Crippen molar-refractivity contribution in [3.63, 3.8) is 0 Å². The van der Waals surface area contributed by atoms with E-state index in [1.165, 1.54) is 24.5 Å². The summed E-state index contributed by atoms with van der Waals surface area (Å²) in [4.78, 5) is 24.0. The molecular formula is C19H14ClFN2O3. The lowest BCUT2D eigenvalue weighted by Crippen LogP contribution is -2.15. The second-order valence-electron chi connectivity index (χ2n) is 5.43. The van der Waals surface area contributed by atoms with Crippen molar-refractivity contribution in [2.24, 2.45) is 0 Å². The normalized spacial score (nSPS) is 10.4. The molecule has 5 nitrogen and oxygen atoms in total. The molecule has 1 aromatic heterocycles. The summed E-state index contributed by atoms with van der Waals surface area (Å²) in [5.41, 5.74) is 1.20. The van der Waals surface area contributed by atoms with Gasteiger partial charge in [0.25, 0.3) is 5.91 Å². The van der Waals surface area contributed by atoms with Gasteiger partial charge in [0.05, 0.1) is 12.7 Å². The van der Waals surface area contributed by atoms with Crippen LogP contribution in [-0.2, 0) is 11.2 Å². The summed E-state index contributed by atoms with van der Waals surface area (Å²) in [6.07, 6.45) is 1.23. The van der Waals surface area contributed by atoms with Gasteiger partial charge in [-0.05, 0) is 48.5 Å². The molecule has 0 atom stereocenters. The zero-order valence-electron chi connectivity index (χ0n) is 13.5. The molecule has 0 spiro atoms. The molecule has 2 N–H and O–H groups in total. The fourth-order valence-electron chi connectivity index (χ4n) is 2.30. The highest BCUT2D eigenvalue weighted by Gasteiger charge is 2.12. The first-order valence-electron chi connectivity index (χ1n) is 7.70.